The molecule has 9 heteroatoms. The number of para-hydroxylation sites is 2. The molecule has 2 aromatic carbocycles. The van der Waals surface area contributed by atoms with Gasteiger partial charge in [-0.25, -0.2) is 0 Å². The first-order chi connectivity index (χ1) is 25.4. The second-order valence-electron chi connectivity index (χ2n) is 15.9. The first-order valence-corrected chi connectivity index (χ1v) is 19.3. The largest absolute Gasteiger partial charge is 0.381 e. The van der Waals surface area contributed by atoms with Gasteiger partial charge in [-0.15, -0.1) is 0 Å². The summed E-state index contributed by atoms with van der Waals surface area (Å²) in [7, 11) is 0. The van der Waals surface area contributed by atoms with Gasteiger partial charge in [0.25, 0.3) is 5.91 Å². The summed E-state index contributed by atoms with van der Waals surface area (Å²) < 4.78 is 0. The van der Waals surface area contributed by atoms with E-state index in [1.54, 1.807) is 25.3 Å². The summed E-state index contributed by atoms with van der Waals surface area (Å²) in [5, 5.41) is 13.6. The quantitative estimate of drug-likeness (QED) is 0.114. The first-order valence-electron chi connectivity index (χ1n) is 19.3. The molecule has 2 heterocycles. The summed E-state index contributed by atoms with van der Waals surface area (Å²) in [5.41, 5.74) is 4.17. The highest BCUT2D eigenvalue weighted by molar-refractivity contribution is 6.10. The Bertz CT molecular complexity index is 1950. The number of hydrogen-bond acceptors (Lipinski definition) is 5. The number of anilines is 1. The molecule has 6 rings (SSSR count). The topological polar surface area (TPSA) is 132 Å². The van der Waals surface area contributed by atoms with Crippen molar-refractivity contribution in [1.29, 1.82) is 0 Å². The molecular formula is C44H55N5O4. The van der Waals surface area contributed by atoms with E-state index in [1.807, 2.05) is 48.7 Å². The number of benzene rings is 2. The lowest BCUT2D eigenvalue weighted by atomic mass is 9.54. The number of carbonyl (C=O) groups is 4. The molecule has 1 aliphatic heterocycles. The Morgan fingerprint density at radius 1 is 1.00 bits per heavy atom. The van der Waals surface area contributed by atoms with Crippen molar-refractivity contribution in [3.8, 4) is 0 Å². The maximum atomic E-state index is 15.0. The van der Waals surface area contributed by atoms with Crippen molar-refractivity contribution in [1.82, 2.24) is 20.9 Å². The van der Waals surface area contributed by atoms with Gasteiger partial charge in [0.2, 0.25) is 11.8 Å². The SMILES string of the molecule is CC1=C[C@@H]2/C=C(/C)CCCC[C@H](Nc3ccccc3C(=O)N[C@H](C)C(=O)N/C=C/c3c[nH]c4ccccc34)CC(=O)[C@]23C(=O)N[C@@H](CC(C)C)[C@@H]3[C@@H]1C. The second-order valence-corrected chi connectivity index (χ2v) is 15.9. The van der Waals surface area contributed by atoms with Gasteiger partial charge in [0.05, 0.1) is 5.56 Å². The number of ketones is 1. The van der Waals surface area contributed by atoms with Gasteiger partial charge in [-0.05, 0) is 82.6 Å². The van der Waals surface area contributed by atoms with E-state index in [0.29, 0.717) is 23.6 Å². The molecule has 3 aromatic rings. The van der Waals surface area contributed by atoms with Gasteiger partial charge in [0.1, 0.15) is 11.5 Å². The van der Waals surface area contributed by atoms with E-state index in [0.717, 1.165) is 42.1 Å². The zero-order valence-electron chi connectivity index (χ0n) is 31.9. The summed E-state index contributed by atoms with van der Waals surface area (Å²) >= 11 is 0. The maximum absolute atomic E-state index is 15.0. The smallest absolute Gasteiger partial charge is 0.254 e. The van der Waals surface area contributed by atoms with Crippen LogP contribution in [-0.2, 0) is 14.4 Å². The van der Waals surface area contributed by atoms with Crippen LogP contribution in [-0.4, -0.2) is 46.6 Å². The number of nitrogens with one attached hydrogen (secondary N) is 5. The van der Waals surface area contributed by atoms with Crippen LogP contribution in [0.2, 0.25) is 0 Å². The molecule has 0 bridgehead atoms. The van der Waals surface area contributed by atoms with Gasteiger partial charge in [-0.1, -0.05) is 80.8 Å². The lowest BCUT2D eigenvalue weighted by molar-refractivity contribution is -0.145. The third-order valence-corrected chi connectivity index (χ3v) is 11.7. The Kier molecular flexibility index (Phi) is 11.4. The molecule has 280 valence electrons. The lowest BCUT2D eigenvalue weighted by Crippen LogP contribution is -2.53. The number of hydrogen-bond donors (Lipinski definition) is 5. The van der Waals surface area contributed by atoms with Crippen LogP contribution in [0.4, 0.5) is 5.69 Å². The molecule has 0 saturated carbocycles. The molecular weight excluding hydrogens is 663 g/mol. The van der Waals surface area contributed by atoms with Gasteiger partial charge < -0.3 is 26.3 Å². The van der Waals surface area contributed by atoms with Crippen LogP contribution in [0.3, 0.4) is 0 Å². The Morgan fingerprint density at radius 2 is 1.75 bits per heavy atom. The van der Waals surface area contributed by atoms with Crippen LogP contribution in [0.25, 0.3) is 17.0 Å². The van der Waals surface area contributed by atoms with Crippen molar-refractivity contribution in [3.63, 3.8) is 0 Å². The van der Waals surface area contributed by atoms with E-state index in [1.165, 1.54) is 11.1 Å². The number of carbonyl (C=O) groups excluding carboxylic acids is 4. The number of allylic oxidation sites excluding steroid dienone is 4. The van der Waals surface area contributed by atoms with Crippen molar-refractivity contribution < 1.29 is 19.2 Å². The molecule has 0 unspecified atom stereocenters. The Morgan fingerprint density at radius 3 is 2.55 bits per heavy atom. The molecule has 3 amide bonds. The van der Waals surface area contributed by atoms with Gasteiger partial charge in [0.15, 0.2) is 5.78 Å². The highest BCUT2D eigenvalue weighted by Gasteiger charge is 2.65. The Labute approximate surface area is 313 Å². The van der Waals surface area contributed by atoms with Crippen LogP contribution in [0, 0.1) is 29.1 Å². The zero-order chi connectivity index (χ0) is 37.9. The van der Waals surface area contributed by atoms with Crippen LogP contribution in [0.5, 0.6) is 0 Å². The predicted octanol–water partition coefficient (Wildman–Crippen LogP) is 7.69. The number of aromatic amines is 1. The predicted molar refractivity (Wildman–Crippen MR) is 212 cm³/mol. The van der Waals surface area contributed by atoms with Crippen LogP contribution in [0.1, 0.15) is 96.0 Å². The maximum Gasteiger partial charge on any atom is 0.254 e. The van der Waals surface area contributed by atoms with Gasteiger partial charge in [-0.2, -0.15) is 0 Å². The van der Waals surface area contributed by atoms with Gasteiger partial charge in [-0.3, -0.25) is 19.2 Å². The van der Waals surface area contributed by atoms with Crippen LogP contribution < -0.4 is 21.3 Å². The van der Waals surface area contributed by atoms with E-state index in [4.69, 9.17) is 0 Å². The standard InChI is InChI=1S/C44H55N5O4/c1-26(2)21-38-40-29(5)28(4)23-32-22-27(3)13-7-8-14-33(24-39(50)44(32,40)43(53)49-38)48-37-18-12-10-16-35(37)42(52)47-30(6)41(51)45-20-19-31-25-46-36-17-11-9-15-34(31)36/h9-12,15-20,22-23,25-26,29-30,32-33,38,40,46,48H,7-8,13-14,21,24H2,1-6H3,(H,45,51)(H,47,52)(H,49,53)/b20-19+,27-22-/t29-,30-,32+,33+,38+,40+,44-/m1/s1. The molecule has 53 heavy (non-hydrogen) atoms. The summed E-state index contributed by atoms with van der Waals surface area (Å²) in [5.74, 6) is -0.939. The van der Waals surface area contributed by atoms with Crippen molar-refractivity contribution in [3.05, 3.63) is 95.4 Å². The average molecular weight is 718 g/mol. The Hall–Kier alpha value is -4.92. The van der Waals surface area contributed by atoms with Crippen molar-refractivity contribution in [2.45, 2.75) is 98.2 Å². The number of Topliss-reactive ketones (excluding diaryl/α,β-unsaturated/α-hetero) is 1. The highest BCUT2D eigenvalue weighted by atomic mass is 16.2. The zero-order valence-corrected chi connectivity index (χ0v) is 31.9. The number of fused-ring (bicyclic) bond motifs is 1. The summed E-state index contributed by atoms with van der Waals surface area (Å²) in [4.78, 5) is 59.2. The van der Waals surface area contributed by atoms with E-state index < -0.39 is 17.4 Å². The van der Waals surface area contributed by atoms with Crippen molar-refractivity contribution in [2.75, 3.05) is 5.32 Å². The van der Waals surface area contributed by atoms with Crippen LogP contribution in [0.15, 0.2) is 84.2 Å². The summed E-state index contributed by atoms with van der Waals surface area (Å²) in [6.45, 7) is 12.4. The molecule has 1 spiro atoms. The van der Waals surface area contributed by atoms with E-state index in [9.17, 15) is 19.2 Å². The van der Waals surface area contributed by atoms with Crippen molar-refractivity contribution in [2.24, 2.45) is 29.1 Å². The fourth-order valence-electron chi connectivity index (χ4n) is 8.94. The number of rotatable bonds is 9. The van der Waals surface area contributed by atoms with E-state index in [2.05, 4.69) is 73.0 Å². The molecule has 7 atom stereocenters. The van der Waals surface area contributed by atoms with Crippen molar-refractivity contribution >= 4 is 46.2 Å². The molecule has 0 radical (unpaired) electrons. The monoisotopic (exact) mass is 717 g/mol. The second kappa shape index (κ2) is 16.0. The molecule has 2 aliphatic carbocycles. The Balaban J connectivity index is 1.20. The number of aromatic nitrogens is 1. The fraction of sp³-hybridized carbons (Fsp3) is 0.455. The highest BCUT2D eigenvalue weighted by Crippen LogP contribution is 2.55. The van der Waals surface area contributed by atoms with Gasteiger partial charge in [0, 0.05) is 64.9 Å². The number of amides is 3. The average Bonchev–Trinajstić information content (AvgIpc) is 3.66. The normalized spacial score (nSPS) is 27.9. The molecule has 1 saturated heterocycles. The lowest BCUT2D eigenvalue weighted by Gasteiger charge is -2.45. The summed E-state index contributed by atoms with van der Waals surface area (Å²) in [6, 6.07) is 13.9. The van der Waals surface area contributed by atoms with E-state index in [-0.39, 0.29) is 53.9 Å². The molecule has 1 aromatic heterocycles. The molecule has 9 nitrogen and oxygen atoms in total. The first kappa shape index (κ1) is 37.8. The third kappa shape index (κ3) is 7.75. The summed E-state index contributed by atoms with van der Waals surface area (Å²) in [6.07, 6.45) is 14.1. The van der Waals surface area contributed by atoms with Crippen LogP contribution >= 0.6 is 0 Å². The minimum atomic E-state index is -1.19. The minimum absolute atomic E-state index is 0.0387. The molecule has 5 N–H and O–H groups in total. The van der Waals surface area contributed by atoms with Gasteiger partial charge >= 0.3 is 0 Å². The minimum Gasteiger partial charge on any atom is -0.381 e. The third-order valence-electron chi connectivity index (χ3n) is 11.7. The molecule has 1 fully saturated rings. The molecule has 3 aliphatic rings. The van der Waals surface area contributed by atoms with E-state index >= 15 is 0 Å². The number of H-pyrrole nitrogens is 1. The fourth-order valence-corrected chi connectivity index (χ4v) is 8.94.